The van der Waals surface area contributed by atoms with E-state index in [0.29, 0.717) is 18.0 Å². The molecule has 0 saturated carbocycles. The maximum absolute atomic E-state index is 12.9. The molecule has 0 spiro atoms. The lowest BCUT2D eigenvalue weighted by atomic mass is 10.2. The summed E-state index contributed by atoms with van der Waals surface area (Å²) in [5.41, 5.74) is 0.997. The molecule has 104 valence electrons. The molecule has 0 radical (unpaired) electrons. The Bertz CT molecular complexity index is 577. The van der Waals surface area contributed by atoms with Gasteiger partial charge in [0, 0.05) is 38.1 Å². The summed E-state index contributed by atoms with van der Waals surface area (Å²) in [5.74, 6) is -0.181. The molecule has 0 aliphatic carbocycles. The van der Waals surface area contributed by atoms with E-state index in [1.807, 2.05) is 4.90 Å². The first-order valence-electron chi connectivity index (χ1n) is 6.44. The van der Waals surface area contributed by atoms with Gasteiger partial charge in [0.05, 0.1) is 0 Å². The molecule has 4 nitrogen and oxygen atoms in total. The largest absolute Gasteiger partial charge is 0.368 e. The number of halogens is 1. The summed E-state index contributed by atoms with van der Waals surface area (Å²) in [6.07, 6.45) is 1.65. The lowest BCUT2D eigenvalue weighted by molar-refractivity contribution is 0.0751. The number of hydrogen-bond donors (Lipinski definition) is 0. The fraction of sp³-hybridized carbons (Fsp3) is 0.286. The minimum absolute atomic E-state index is 0.0475. The molecule has 0 atom stereocenters. The number of aromatic nitrogens is 1. The van der Waals surface area contributed by atoms with E-state index in [0.717, 1.165) is 18.8 Å². The molecular formula is C14H14FN3OS. The lowest BCUT2D eigenvalue weighted by Gasteiger charge is -2.35. The summed E-state index contributed by atoms with van der Waals surface area (Å²) in [5, 5.41) is 0. The van der Waals surface area contributed by atoms with Crippen LogP contribution in [0.5, 0.6) is 0 Å². The van der Waals surface area contributed by atoms with Gasteiger partial charge >= 0.3 is 0 Å². The molecule has 1 fully saturated rings. The predicted molar refractivity (Wildman–Crippen MR) is 76.6 cm³/mol. The van der Waals surface area contributed by atoms with Crippen molar-refractivity contribution >= 4 is 23.1 Å². The van der Waals surface area contributed by atoms with Crippen LogP contribution in [0.4, 0.5) is 10.1 Å². The van der Waals surface area contributed by atoms with Crippen molar-refractivity contribution in [3.05, 3.63) is 47.2 Å². The molecule has 0 N–H and O–H groups in total. The third-order valence-corrected chi connectivity index (χ3v) is 4.14. The lowest BCUT2D eigenvalue weighted by Crippen LogP contribution is -2.48. The molecule has 1 saturated heterocycles. The number of anilines is 1. The molecular weight excluding hydrogens is 277 g/mol. The van der Waals surface area contributed by atoms with E-state index in [9.17, 15) is 9.18 Å². The highest BCUT2D eigenvalue weighted by molar-refractivity contribution is 7.08. The molecule has 20 heavy (non-hydrogen) atoms. The fourth-order valence-electron chi connectivity index (χ4n) is 2.30. The molecule has 1 aliphatic heterocycles. The van der Waals surface area contributed by atoms with Crippen molar-refractivity contribution in [3.8, 4) is 0 Å². The van der Waals surface area contributed by atoms with Crippen molar-refractivity contribution in [1.29, 1.82) is 0 Å². The molecule has 1 aliphatic rings. The maximum atomic E-state index is 12.9. The Hall–Kier alpha value is -1.95. The topological polar surface area (TPSA) is 36.4 Å². The molecule has 3 rings (SSSR count). The number of benzene rings is 1. The second kappa shape index (κ2) is 5.58. The van der Waals surface area contributed by atoms with E-state index in [-0.39, 0.29) is 11.7 Å². The minimum Gasteiger partial charge on any atom is -0.368 e. The van der Waals surface area contributed by atoms with Gasteiger partial charge in [0.25, 0.3) is 5.91 Å². The first kappa shape index (κ1) is 13.1. The Balaban J connectivity index is 1.62. The number of nitrogens with zero attached hydrogens (tertiary/aromatic N) is 3. The maximum Gasteiger partial charge on any atom is 0.265 e. The number of carbonyl (C=O) groups excluding carboxylic acids is 1. The fourth-order valence-corrected chi connectivity index (χ4v) is 2.87. The highest BCUT2D eigenvalue weighted by Gasteiger charge is 2.23. The summed E-state index contributed by atoms with van der Waals surface area (Å²) in [6.45, 7) is 2.87. The molecule has 1 aromatic carbocycles. The number of rotatable bonds is 2. The van der Waals surface area contributed by atoms with Crippen LogP contribution >= 0.6 is 11.5 Å². The molecule has 2 aromatic rings. The zero-order chi connectivity index (χ0) is 13.9. The minimum atomic E-state index is -0.229. The van der Waals surface area contributed by atoms with Gasteiger partial charge in [0.15, 0.2) is 0 Å². The van der Waals surface area contributed by atoms with Gasteiger partial charge in [-0.15, -0.1) is 0 Å². The van der Waals surface area contributed by atoms with Gasteiger partial charge in [-0.25, -0.2) is 8.76 Å². The molecule has 0 bridgehead atoms. The van der Waals surface area contributed by atoms with Crippen molar-refractivity contribution in [1.82, 2.24) is 9.27 Å². The van der Waals surface area contributed by atoms with Crippen molar-refractivity contribution in [3.63, 3.8) is 0 Å². The van der Waals surface area contributed by atoms with Gasteiger partial charge in [-0.3, -0.25) is 4.79 Å². The second-order valence-corrected chi connectivity index (χ2v) is 5.47. The molecule has 2 heterocycles. The SMILES string of the molecule is O=C(c1ccns1)N1CCN(c2ccc(F)cc2)CC1. The second-order valence-electron chi connectivity index (χ2n) is 4.63. The Morgan fingerprint density at radius 2 is 1.80 bits per heavy atom. The van der Waals surface area contributed by atoms with Gasteiger partial charge < -0.3 is 9.80 Å². The molecule has 1 aromatic heterocycles. The zero-order valence-corrected chi connectivity index (χ0v) is 11.6. The monoisotopic (exact) mass is 291 g/mol. The van der Waals surface area contributed by atoms with Crippen LogP contribution in [0, 0.1) is 5.82 Å². The van der Waals surface area contributed by atoms with Crippen LogP contribution in [0.25, 0.3) is 0 Å². The normalized spacial score (nSPS) is 15.4. The van der Waals surface area contributed by atoms with E-state index in [2.05, 4.69) is 9.27 Å². The van der Waals surface area contributed by atoms with Crippen molar-refractivity contribution in [2.75, 3.05) is 31.1 Å². The highest BCUT2D eigenvalue weighted by Crippen LogP contribution is 2.18. The van der Waals surface area contributed by atoms with Crippen molar-refractivity contribution in [2.24, 2.45) is 0 Å². The zero-order valence-electron chi connectivity index (χ0n) is 10.8. The number of hydrogen-bond acceptors (Lipinski definition) is 4. The molecule has 1 amide bonds. The smallest absolute Gasteiger partial charge is 0.265 e. The third-order valence-electron chi connectivity index (χ3n) is 3.41. The van der Waals surface area contributed by atoms with Crippen LogP contribution in [0.2, 0.25) is 0 Å². The van der Waals surface area contributed by atoms with Crippen molar-refractivity contribution in [2.45, 2.75) is 0 Å². The van der Waals surface area contributed by atoms with Crippen LogP contribution in [-0.4, -0.2) is 41.4 Å². The van der Waals surface area contributed by atoms with E-state index >= 15 is 0 Å². The Morgan fingerprint density at radius 3 is 2.40 bits per heavy atom. The average Bonchev–Trinajstić information content (AvgIpc) is 3.02. The van der Waals surface area contributed by atoms with Crippen LogP contribution in [0.3, 0.4) is 0 Å². The summed E-state index contributed by atoms with van der Waals surface area (Å²) in [6, 6.07) is 8.22. The van der Waals surface area contributed by atoms with Gasteiger partial charge in [-0.1, -0.05) is 0 Å². The average molecular weight is 291 g/mol. The highest BCUT2D eigenvalue weighted by atomic mass is 32.1. The number of carbonyl (C=O) groups is 1. The summed E-state index contributed by atoms with van der Waals surface area (Å²) in [7, 11) is 0. The molecule has 0 unspecified atom stereocenters. The Morgan fingerprint density at radius 1 is 1.10 bits per heavy atom. The third kappa shape index (κ3) is 2.65. The van der Waals surface area contributed by atoms with Crippen LogP contribution in [-0.2, 0) is 0 Å². The van der Waals surface area contributed by atoms with Gasteiger partial charge in [-0.2, -0.15) is 0 Å². The number of piperazine rings is 1. The quantitative estimate of drug-likeness (QED) is 0.851. The first-order valence-corrected chi connectivity index (χ1v) is 7.22. The summed E-state index contributed by atoms with van der Waals surface area (Å²) < 4.78 is 16.9. The predicted octanol–water partition coefficient (Wildman–Crippen LogP) is 2.24. The van der Waals surface area contributed by atoms with Crippen LogP contribution in [0.1, 0.15) is 9.67 Å². The Kier molecular flexibility index (Phi) is 3.64. The van der Waals surface area contributed by atoms with Gasteiger partial charge in [0.2, 0.25) is 0 Å². The van der Waals surface area contributed by atoms with E-state index in [4.69, 9.17) is 0 Å². The van der Waals surface area contributed by atoms with E-state index < -0.39 is 0 Å². The standard InChI is InChI=1S/C14H14FN3OS/c15-11-1-3-12(4-2-11)17-7-9-18(10-8-17)14(19)13-5-6-16-20-13/h1-6H,7-10H2. The van der Waals surface area contributed by atoms with Crippen LogP contribution < -0.4 is 4.90 Å². The number of amides is 1. The van der Waals surface area contributed by atoms with E-state index in [1.165, 1.54) is 23.7 Å². The first-order chi connectivity index (χ1) is 9.74. The van der Waals surface area contributed by atoms with Crippen LogP contribution in [0.15, 0.2) is 36.5 Å². The Labute approximate surface area is 120 Å². The van der Waals surface area contributed by atoms with E-state index in [1.54, 1.807) is 24.4 Å². The summed E-state index contributed by atoms with van der Waals surface area (Å²) >= 11 is 1.23. The van der Waals surface area contributed by atoms with Gasteiger partial charge in [0.1, 0.15) is 10.7 Å². The van der Waals surface area contributed by atoms with Gasteiger partial charge in [-0.05, 0) is 41.9 Å². The summed E-state index contributed by atoms with van der Waals surface area (Å²) in [4.78, 5) is 16.9. The van der Waals surface area contributed by atoms with Crippen molar-refractivity contribution < 1.29 is 9.18 Å². The molecule has 6 heteroatoms.